The van der Waals surface area contributed by atoms with Crippen LogP contribution in [0.1, 0.15) is 26.7 Å². The molecule has 0 bridgehead atoms. The van der Waals surface area contributed by atoms with E-state index in [9.17, 15) is 4.79 Å². The summed E-state index contributed by atoms with van der Waals surface area (Å²) in [5.41, 5.74) is 0.0805. The molecule has 0 aromatic heterocycles. The van der Waals surface area contributed by atoms with Crippen molar-refractivity contribution in [1.82, 2.24) is 0 Å². The van der Waals surface area contributed by atoms with Crippen LogP contribution >= 0.6 is 0 Å². The molecule has 1 aliphatic rings. The van der Waals surface area contributed by atoms with E-state index in [-0.39, 0.29) is 11.2 Å². The number of methoxy groups -OCH3 is 1. The molecule has 0 fully saturated rings. The standard InChI is InChI=1S/C9H14O2/c1-9(2)5-7(10)4-8(6-9)11-3/h4H,5-6H2,1-3H3. The predicted octanol–water partition coefficient (Wildman–Crippen LogP) is 1.91. The average molecular weight is 154 g/mol. The molecule has 0 radical (unpaired) electrons. The summed E-state index contributed by atoms with van der Waals surface area (Å²) >= 11 is 0. The van der Waals surface area contributed by atoms with Gasteiger partial charge in [0, 0.05) is 18.9 Å². The van der Waals surface area contributed by atoms with E-state index in [0.29, 0.717) is 6.42 Å². The van der Waals surface area contributed by atoms with Crippen molar-refractivity contribution in [3.63, 3.8) is 0 Å². The van der Waals surface area contributed by atoms with Crippen molar-refractivity contribution >= 4 is 5.78 Å². The SMILES string of the molecule is COC1=CC(=O)CC(C)(C)C1. The topological polar surface area (TPSA) is 26.3 Å². The third kappa shape index (κ3) is 2.07. The molecular formula is C9H14O2. The minimum atomic E-state index is 0.0805. The Morgan fingerprint density at radius 3 is 2.55 bits per heavy atom. The van der Waals surface area contributed by atoms with Crippen LogP contribution in [0.3, 0.4) is 0 Å². The Bertz CT molecular complexity index is 202. The quantitative estimate of drug-likeness (QED) is 0.576. The Labute approximate surface area is 67.2 Å². The van der Waals surface area contributed by atoms with Gasteiger partial charge >= 0.3 is 0 Å². The highest BCUT2D eigenvalue weighted by molar-refractivity contribution is 5.91. The monoisotopic (exact) mass is 154 g/mol. The molecule has 11 heavy (non-hydrogen) atoms. The molecule has 0 saturated carbocycles. The fraction of sp³-hybridized carbons (Fsp3) is 0.667. The van der Waals surface area contributed by atoms with Gasteiger partial charge in [-0.3, -0.25) is 4.79 Å². The van der Waals surface area contributed by atoms with Crippen molar-refractivity contribution in [2.24, 2.45) is 5.41 Å². The van der Waals surface area contributed by atoms with Crippen molar-refractivity contribution in [2.75, 3.05) is 7.11 Å². The first-order valence-electron chi connectivity index (χ1n) is 3.81. The highest BCUT2D eigenvalue weighted by atomic mass is 16.5. The molecule has 1 rings (SSSR count). The molecule has 2 nitrogen and oxygen atoms in total. The van der Waals surface area contributed by atoms with Crippen LogP contribution < -0.4 is 0 Å². The van der Waals surface area contributed by atoms with Gasteiger partial charge in [0.1, 0.15) is 0 Å². The number of carbonyl (C=O) groups excluding carboxylic acids is 1. The predicted molar refractivity (Wildman–Crippen MR) is 43.1 cm³/mol. The summed E-state index contributed by atoms with van der Waals surface area (Å²) in [6, 6.07) is 0. The summed E-state index contributed by atoms with van der Waals surface area (Å²) in [6.07, 6.45) is 3.11. The van der Waals surface area contributed by atoms with E-state index in [4.69, 9.17) is 4.74 Å². The lowest BCUT2D eigenvalue weighted by atomic mass is 9.79. The lowest BCUT2D eigenvalue weighted by molar-refractivity contribution is -0.117. The highest BCUT2D eigenvalue weighted by Gasteiger charge is 2.27. The van der Waals surface area contributed by atoms with Crippen LogP contribution in [-0.2, 0) is 9.53 Å². The minimum Gasteiger partial charge on any atom is -0.501 e. The van der Waals surface area contributed by atoms with E-state index in [1.165, 1.54) is 0 Å². The molecule has 0 N–H and O–H groups in total. The summed E-state index contributed by atoms with van der Waals surface area (Å²) in [4.78, 5) is 11.1. The number of ketones is 1. The molecule has 0 saturated heterocycles. The van der Waals surface area contributed by atoms with Crippen LogP contribution in [0.25, 0.3) is 0 Å². The van der Waals surface area contributed by atoms with Crippen LogP contribution in [0.5, 0.6) is 0 Å². The van der Waals surface area contributed by atoms with Gasteiger partial charge < -0.3 is 4.74 Å². The Morgan fingerprint density at radius 1 is 1.45 bits per heavy atom. The fourth-order valence-corrected chi connectivity index (χ4v) is 1.42. The van der Waals surface area contributed by atoms with E-state index < -0.39 is 0 Å². The van der Waals surface area contributed by atoms with Gasteiger partial charge in [-0.2, -0.15) is 0 Å². The second kappa shape index (κ2) is 2.68. The van der Waals surface area contributed by atoms with Gasteiger partial charge in [-0.15, -0.1) is 0 Å². The van der Waals surface area contributed by atoms with Crippen LogP contribution in [0.15, 0.2) is 11.8 Å². The molecule has 0 aromatic rings. The molecular weight excluding hydrogens is 140 g/mol. The number of hydrogen-bond donors (Lipinski definition) is 0. The van der Waals surface area contributed by atoms with E-state index in [1.54, 1.807) is 13.2 Å². The van der Waals surface area contributed by atoms with Crippen molar-refractivity contribution in [3.05, 3.63) is 11.8 Å². The zero-order chi connectivity index (χ0) is 8.48. The van der Waals surface area contributed by atoms with Gasteiger partial charge in [0.05, 0.1) is 12.9 Å². The number of rotatable bonds is 1. The molecule has 0 heterocycles. The average Bonchev–Trinajstić information content (AvgIpc) is 1.83. The summed E-state index contributed by atoms with van der Waals surface area (Å²) in [5.74, 6) is 0.990. The largest absolute Gasteiger partial charge is 0.501 e. The van der Waals surface area contributed by atoms with Gasteiger partial charge in [0.25, 0.3) is 0 Å². The normalized spacial score (nSPS) is 22.8. The summed E-state index contributed by atoms with van der Waals surface area (Å²) < 4.78 is 5.04. The van der Waals surface area contributed by atoms with Gasteiger partial charge in [0.2, 0.25) is 0 Å². The first kappa shape index (κ1) is 8.31. The van der Waals surface area contributed by atoms with Crippen LogP contribution in [0.4, 0.5) is 0 Å². The summed E-state index contributed by atoms with van der Waals surface area (Å²) in [7, 11) is 1.61. The Kier molecular flexibility index (Phi) is 2.03. The molecule has 2 heteroatoms. The van der Waals surface area contributed by atoms with Crippen molar-refractivity contribution in [2.45, 2.75) is 26.7 Å². The van der Waals surface area contributed by atoms with E-state index in [0.717, 1.165) is 12.2 Å². The highest BCUT2D eigenvalue weighted by Crippen LogP contribution is 2.33. The number of hydrogen-bond acceptors (Lipinski definition) is 2. The smallest absolute Gasteiger partial charge is 0.159 e. The van der Waals surface area contributed by atoms with Crippen molar-refractivity contribution in [1.29, 1.82) is 0 Å². The molecule has 0 spiro atoms. The zero-order valence-electron chi connectivity index (χ0n) is 7.31. The Morgan fingerprint density at radius 2 is 2.09 bits per heavy atom. The molecule has 0 aromatic carbocycles. The van der Waals surface area contributed by atoms with Crippen LogP contribution in [0.2, 0.25) is 0 Å². The third-order valence-corrected chi connectivity index (χ3v) is 1.89. The molecule has 0 amide bonds. The maximum absolute atomic E-state index is 11.1. The molecule has 0 atom stereocenters. The minimum absolute atomic E-state index is 0.0805. The summed E-state index contributed by atoms with van der Waals surface area (Å²) in [5, 5.41) is 0. The van der Waals surface area contributed by atoms with Gasteiger partial charge in [-0.05, 0) is 5.41 Å². The maximum Gasteiger partial charge on any atom is 0.159 e. The van der Waals surface area contributed by atoms with Crippen LogP contribution in [0, 0.1) is 5.41 Å². The van der Waals surface area contributed by atoms with Gasteiger partial charge in [-0.1, -0.05) is 13.8 Å². The van der Waals surface area contributed by atoms with Crippen molar-refractivity contribution in [3.8, 4) is 0 Å². The van der Waals surface area contributed by atoms with E-state index >= 15 is 0 Å². The second-order valence-corrected chi connectivity index (χ2v) is 3.80. The van der Waals surface area contributed by atoms with E-state index in [1.807, 2.05) is 0 Å². The third-order valence-electron chi connectivity index (χ3n) is 1.89. The fourth-order valence-electron chi connectivity index (χ4n) is 1.42. The Balaban J connectivity index is 2.78. The lowest BCUT2D eigenvalue weighted by Gasteiger charge is -2.27. The molecule has 0 unspecified atom stereocenters. The molecule has 0 aliphatic heterocycles. The zero-order valence-corrected chi connectivity index (χ0v) is 7.31. The van der Waals surface area contributed by atoms with Gasteiger partial charge in [0.15, 0.2) is 5.78 Å². The number of allylic oxidation sites excluding steroid dienone is 2. The van der Waals surface area contributed by atoms with Crippen molar-refractivity contribution < 1.29 is 9.53 Å². The Hall–Kier alpha value is -0.790. The first-order chi connectivity index (χ1) is 5.03. The van der Waals surface area contributed by atoms with Crippen LogP contribution in [-0.4, -0.2) is 12.9 Å². The molecule has 62 valence electrons. The number of ether oxygens (including phenoxy) is 1. The summed E-state index contributed by atoms with van der Waals surface area (Å²) in [6.45, 7) is 4.16. The van der Waals surface area contributed by atoms with Gasteiger partial charge in [-0.25, -0.2) is 0 Å². The second-order valence-electron chi connectivity index (χ2n) is 3.80. The molecule has 1 aliphatic carbocycles. The maximum atomic E-state index is 11.1. The first-order valence-corrected chi connectivity index (χ1v) is 3.81. The van der Waals surface area contributed by atoms with E-state index in [2.05, 4.69) is 13.8 Å². The lowest BCUT2D eigenvalue weighted by Crippen LogP contribution is -2.22. The number of carbonyl (C=O) groups is 1.